The van der Waals surface area contributed by atoms with Crippen LogP contribution in [0.5, 0.6) is 0 Å². The Bertz CT molecular complexity index is 59.1. The maximum Gasteiger partial charge on any atom is 0.173 e. The molecule has 0 heterocycles. The first kappa shape index (κ1) is 7.15. The van der Waals surface area contributed by atoms with Crippen LogP contribution in [-0.4, -0.2) is 5.08 Å². The lowest BCUT2D eigenvalue weighted by atomic mass is 10.4. The number of halogens is 2. The summed E-state index contributed by atoms with van der Waals surface area (Å²) in [5, 5.41) is -0.965. The van der Waals surface area contributed by atoms with E-state index < -0.39 is 5.08 Å². The summed E-state index contributed by atoms with van der Waals surface area (Å²) in [6, 6.07) is 0. The molecule has 0 aromatic rings. The van der Waals surface area contributed by atoms with Gasteiger partial charge >= 0.3 is 0 Å². The Morgan fingerprint density at radius 3 is 2.57 bits per heavy atom. The molecule has 0 radical (unpaired) electrons. The van der Waals surface area contributed by atoms with Crippen molar-refractivity contribution in [2.75, 3.05) is 0 Å². The number of rotatable bonds is 2. The number of alkyl halides is 2. The van der Waals surface area contributed by atoms with Gasteiger partial charge in [0.2, 0.25) is 0 Å². The van der Waals surface area contributed by atoms with E-state index in [4.69, 9.17) is 0 Å². The molecule has 0 N–H and O–H groups in total. The summed E-state index contributed by atoms with van der Waals surface area (Å²) in [6.45, 7) is 1.96. The van der Waals surface area contributed by atoms with E-state index in [-0.39, 0.29) is 0 Å². The van der Waals surface area contributed by atoms with Gasteiger partial charge in [-0.3, -0.25) is 0 Å². The maximum atomic E-state index is 11.7. The first-order chi connectivity index (χ1) is 3.27. The van der Waals surface area contributed by atoms with Crippen molar-refractivity contribution in [3.8, 4) is 0 Å². The Kier molecular flexibility index (Phi) is 4.41. The minimum atomic E-state index is -0.965. The van der Waals surface area contributed by atoms with Gasteiger partial charge in [0.15, 0.2) is 5.08 Å². The molecule has 0 aromatic carbocycles. The lowest BCUT2D eigenvalue weighted by Gasteiger charge is -1.82. The zero-order valence-electron chi connectivity index (χ0n) is 4.20. The molecule has 0 spiro atoms. The highest BCUT2D eigenvalue weighted by molar-refractivity contribution is 9.09. The molecular formula is C5H8BrF. The molecule has 0 saturated heterocycles. The van der Waals surface area contributed by atoms with Crippen molar-refractivity contribution in [2.24, 2.45) is 0 Å². The fourth-order valence-electron chi connectivity index (χ4n) is 0.239. The predicted molar refractivity (Wildman–Crippen MR) is 33.3 cm³/mol. The van der Waals surface area contributed by atoms with Crippen molar-refractivity contribution in [3.05, 3.63) is 12.2 Å². The van der Waals surface area contributed by atoms with E-state index in [9.17, 15) is 4.39 Å². The second-order valence-electron chi connectivity index (χ2n) is 1.17. The van der Waals surface area contributed by atoms with Crippen molar-refractivity contribution in [2.45, 2.75) is 18.4 Å². The van der Waals surface area contributed by atoms with Crippen LogP contribution < -0.4 is 0 Å². The third kappa shape index (κ3) is 6.15. The van der Waals surface area contributed by atoms with Gasteiger partial charge in [0, 0.05) is 0 Å². The quantitative estimate of drug-likeness (QED) is 0.438. The molecule has 1 atom stereocenters. The third-order valence-corrected chi connectivity index (χ3v) is 0.822. The van der Waals surface area contributed by atoms with Crippen molar-refractivity contribution in [1.29, 1.82) is 0 Å². The van der Waals surface area contributed by atoms with Crippen molar-refractivity contribution < 1.29 is 4.39 Å². The summed E-state index contributed by atoms with van der Waals surface area (Å²) >= 11 is 2.72. The van der Waals surface area contributed by atoms with E-state index in [1.54, 1.807) is 6.08 Å². The number of hydrogen-bond acceptors (Lipinski definition) is 0. The summed E-state index contributed by atoms with van der Waals surface area (Å²) in [5.41, 5.74) is 0. The van der Waals surface area contributed by atoms with E-state index in [1.807, 2.05) is 6.92 Å². The molecule has 0 aliphatic carbocycles. The molecule has 0 aliphatic heterocycles. The van der Waals surface area contributed by atoms with E-state index in [0.717, 1.165) is 6.42 Å². The van der Waals surface area contributed by atoms with Gasteiger partial charge in [-0.1, -0.05) is 13.0 Å². The fourth-order valence-corrected chi connectivity index (χ4v) is 0.455. The molecule has 0 aromatic heterocycles. The normalized spacial score (nSPS) is 15.3. The van der Waals surface area contributed by atoms with E-state index in [1.165, 1.54) is 6.08 Å². The first-order valence-corrected chi connectivity index (χ1v) is 3.13. The molecule has 0 saturated carbocycles. The standard InChI is InChI=1S/C5H8BrF/c1-2-3-4-5(6)7/h3-5H,2H2,1H3/b4-3-. The van der Waals surface area contributed by atoms with Crippen LogP contribution in [-0.2, 0) is 0 Å². The SMILES string of the molecule is CC/C=C\C(F)Br. The Morgan fingerprint density at radius 2 is 2.43 bits per heavy atom. The summed E-state index contributed by atoms with van der Waals surface area (Å²) in [5.74, 6) is 0. The molecule has 2 heteroatoms. The van der Waals surface area contributed by atoms with Gasteiger partial charge in [-0.15, -0.1) is 0 Å². The fraction of sp³-hybridized carbons (Fsp3) is 0.600. The van der Waals surface area contributed by atoms with Crippen LogP contribution in [0.2, 0.25) is 0 Å². The van der Waals surface area contributed by atoms with Crippen LogP contribution in [0.1, 0.15) is 13.3 Å². The van der Waals surface area contributed by atoms with Crippen molar-refractivity contribution >= 4 is 15.9 Å². The average Bonchev–Trinajstić information content (AvgIpc) is 1.61. The van der Waals surface area contributed by atoms with Gasteiger partial charge in [-0.05, 0) is 28.4 Å². The summed E-state index contributed by atoms with van der Waals surface area (Å²) in [7, 11) is 0. The Balaban J connectivity index is 3.08. The van der Waals surface area contributed by atoms with Crippen LogP contribution >= 0.6 is 15.9 Å². The second-order valence-corrected chi connectivity index (χ2v) is 2.05. The smallest absolute Gasteiger partial charge is 0.173 e. The predicted octanol–water partition coefficient (Wildman–Crippen LogP) is 2.64. The molecule has 7 heavy (non-hydrogen) atoms. The second kappa shape index (κ2) is 4.31. The van der Waals surface area contributed by atoms with Gasteiger partial charge in [-0.25, -0.2) is 4.39 Å². The summed E-state index contributed by atoms with van der Waals surface area (Å²) in [4.78, 5) is 0. The average molecular weight is 167 g/mol. The van der Waals surface area contributed by atoms with Crippen LogP contribution in [0.15, 0.2) is 12.2 Å². The molecular weight excluding hydrogens is 159 g/mol. The number of allylic oxidation sites excluding steroid dienone is 2. The van der Waals surface area contributed by atoms with E-state index in [0.29, 0.717) is 0 Å². The van der Waals surface area contributed by atoms with E-state index in [2.05, 4.69) is 15.9 Å². The van der Waals surface area contributed by atoms with Gasteiger partial charge in [-0.2, -0.15) is 0 Å². The van der Waals surface area contributed by atoms with Gasteiger partial charge in [0.1, 0.15) is 0 Å². The van der Waals surface area contributed by atoms with Crippen LogP contribution in [0.25, 0.3) is 0 Å². The first-order valence-electron chi connectivity index (χ1n) is 2.22. The van der Waals surface area contributed by atoms with E-state index >= 15 is 0 Å². The maximum absolute atomic E-state index is 11.7. The highest BCUT2D eigenvalue weighted by Crippen LogP contribution is 2.01. The molecule has 0 rings (SSSR count). The van der Waals surface area contributed by atoms with Gasteiger partial charge < -0.3 is 0 Å². The largest absolute Gasteiger partial charge is 0.230 e. The molecule has 0 bridgehead atoms. The minimum absolute atomic E-state index is 0.895. The summed E-state index contributed by atoms with van der Waals surface area (Å²) < 4.78 is 11.7. The zero-order chi connectivity index (χ0) is 5.70. The molecule has 0 aliphatic rings. The van der Waals surface area contributed by atoms with Gasteiger partial charge in [0.25, 0.3) is 0 Å². The Hall–Kier alpha value is 0.150. The third-order valence-electron chi connectivity index (χ3n) is 0.517. The monoisotopic (exact) mass is 166 g/mol. The molecule has 0 nitrogen and oxygen atoms in total. The highest BCUT2D eigenvalue weighted by Gasteiger charge is 1.86. The molecule has 42 valence electrons. The van der Waals surface area contributed by atoms with Gasteiger partial charge in [0.05, 0.1) is 0 Å². The van der Waals surface area contributed by atoms with Crippen molar-refractivity contribution in [1.82, 2.24) is 0 Å². The molecule has 0 fully saturated rings. The lowest BCUT2D eigenvalue weighted by molar-refractivity contribution is 0.528. The number of hydrogen-bond donors (Lipinski definition) is 0. The minimum Gasteiger partial charge on any atom is -0.230 e. The van der Waals surface area contributed by atoms with Crippen LogP contribution in [0.3, 0.4) is 0 Å². The topological polar surface area (TPSA) is 0 Å². The zero-order valence-corrected chi connectivity index (χ0v) is 5.78. The lowest BCUT2D eigenvalue weighted by Crippen LogP contribution is -1.74. The summed E-state index contributed by atoms with van der Waals surface area (Å²) in [6.07, 6.45) is 4.14. The van der Waals surface area contributed by atoms with Crippen LogP contribution in [0.4, 0.5) is 4.39 Å². The Labute approximate surface area is 51.5 Å². The van der Waals surface area contributed by atoms with Crippen LogP contribution in [0, 0.1) is 0 Å². The van der Waals surface area contributed by atoms with Crippen molar-refractivity contribution in [3.63, 3.8) is 0 Å². The highest BCUT2D eigenvalue weighted by atomic mass is 79.9. The molecule has 0 amide bonds. The Morgan fingerprint density at radius 1 is 1.86 bits per heavy atom. The molecule has 1 unspecified atom stereocenters.